The van der Waals surface area contributed by atoms with E-state index >= 15 is 0 Å². The minimum atomic E-state index is -8.41. The largest absolute Gasteiger partial charge is 0.438 e. The fourth-order valence-corrected chi connectivity index (χ4v) is 1.66. The van der Waals surface area contributed by atoms with E-state index in [2.05, 4.69) is 0 Å². The Balaban J connectivity index is 6.65. The standard InChI is InChI=1S/C10H7F15O/c1-3(26)2-4(11,12)6(14,15)8(18,19)7(16,17)5(13,9(20,21)22)10(23,24)25/h3,26H,2H2,1H3. The van der Waals surface area contributed by atoms with Gasteiger partial charge in [0.2, 0.25) is 0 Å². The molecule has 1 atom stereocenters. The lowest BCUT2D eigenvalue weighted by atomic mass is 9.85. The first-order chi connectivity index (χ1) is 10.9. The van der Waals surface area contributed by atoms with Crippen LogP contribution in [0, 0.1) is 0 Å². The van der Waals surface area contributed by atoms with Crippen LogP contribution in [0.1, 0.15) is 13.3 Å². The van der Waals surface area contributed by atoms with Gasteiger partial charge < -0.3 is 5.11 Å². The van der Waals surface area contributed by atoms with Crippen molar-refractivity contribution in [1.29, 1.82) is 0 Å². The van der Waals surface area contributed by atoms with Gasteiger partial charge >= 0.3 is 41.7 Å². The van der Waals surface area contributed by atoms with Gasteiger partial charge in [0, 0.05) is 6.42 Å². The molecule has 0 heterocycles. The Labute approximate surface area is 133 Å². The lowest BCUT2D eigenvalue weighted by Gasteiger charge is -2.43. The zero-order chi connectivity index (χ0) is 21.8. The molecule has 1 nitrogen and oxygen atoms in total. The average molecular weight is 428 g/mol. The summed E-state index contributed by atoms with van der Waals surface area (Å²) in [5.41, 5.74) is -8.29. The normalized spacial score (nSPS) is 17.4. The molecule has 0 aromatic heterocycles. The predicted octanol–water partition coefficient (Wildman–Crippen LogP) is 5.13. The van der Waals surface area contributed by atoms with Gasteiger partial charge in [-0.05, 0) is 6.92 Å². The summed E-state index contributed by atoms with van der Waals surface area (Å²) in [5, 5.41) is 8.46. The second kappa shape index (κ2) is 6.22. The topological polar surface area (TPSA) is 20.2 Å². The first kappa shape index (κ1) is 24.9. The van der Waals surface area contributed by atoms with Crippen LogP contribution in [0.4, 0.5) is 65.9 Å². The van der Waals surface area contributed by atoms with E-state index in [1.807, 2.05) is 0 Å². The molecule has 0 aliphatic rings. The van der Waals surface area contributed by atoms with Crippen LogP contribution in [-0.2, 0) is 0 Å². The molecule has 1 N–H and O–H groups in total. The molecule has 0 radical (unpaired) electrons. The molecular weight excluding hydrogens is 421 g/mol. The van der Waals surface area contributed by atoms with Gasteiger partial charge in [0.05, 0.1) is 6.10 Å². The fraction of sp³-hybridized carbons (Fsp3) is 1.00. The Morgan fingerprint density at radius 1 is 0.577 bits per heavy atom. The molecule has 0 aliphatic heterocycles. The number of rotatable bonds is 6. The van der Waals surface area contributed by atoms with Crippen LogP contribution in [0.2, 0.25) is 0 Å². The van der Waals surface area contributed by atoms with Gasteiger partial charge in [0.15, 0.2) is 0 Å². The summed E-state index contributed by atoms with van der Waals surface area (Å²) in [4.78, 5) is 0. The highest BCUT2D eigenvalue weighted by molar-refractivity contribution is 5.16. The Bertz CT molecular complexity index is 486. The molecule has 0 amide bonds. The highest BCUT2D eigenvalue weighted by atomic mass is 19.4. The zero-order valence-corrected chi connectivity index (χ0v) is 11.9. The van der Waals surface area contributed by atoms with Crippen molar-refractivity contribution in [2.75, 3.05) is 0 Å². The molecule has 0 fully saturated rings. The van der Waals surface area contributed by atoms with Crippen LogP contribution in [0.3, 0.4) is 0 Å². The number of aliphatic hydroxyl groups is 1. The van der Waals surface area contributed by atoms with Crippen molar-refractivity contribution in [2.45, 2.75) is 61.2 Å². The molecular formula is C10H7F15O. The van der Waals surface area contributed by atoms with Crippen LogP contribution >= 0.6 is 0 Å². The Kier molecular flexibility index (Phi) is 5.96. The van der Waals surface area contributed by atoms with E-state index in [-0.39, 0.29) is 6.92 Å². The number of halogens is 15. The average Bonchev–Trinajstić information content (AvgIpc) is 2.32. The maximum atomic E-state index is 13.2. The van der Waals surface area contributed by atoms with Gasteiger partial charge in [-0.15, -0.1) is 0 Å². The van der Waals surface area contributed by atoms with Crippen molar-refractivity contribution < 1.29 is 71.0 Å². The molecule has 0 aliphatic carbocycles. The van der Waals surface area contributed by atoms with Crippen molar-refractivity contribution in [3.05, 3.63) is 0 Å². The Morgan fingerprint density at radius 3 is 1.12 bits per heavy atom. The predicted molar refractivity (Wildman–Crippen MR) is 52.0 cm³/mol. The Morgan fingerprint density at radius 2 is 0.885 bits per heavy atom. The maximum Gasteiger partial charge on any atom is 0.438 e. The first-order valence-electron chi connectivity index (χ1n) is 5.93. The van der Waals surface area contributed by atoms with Gasteiger partial charge in [-0.25, -0.2) is 4.39 Å². The van der Waals surface area contributed by atoms with Crippen molar-refractivity contribution in [1.82, 2.24) is 0 Å². The summed E-state index contributed by atoms with van der Waals surface area (Å²) in [6.45, 7) is 0.241. The molecule has 0 bridgehead atoms. The first-order valence-corrected chi connectivity index (χ1v) is 5.93. The van der Waals surface area contributed by atoms with Crippen molar-refractivity contribution in [3.8, 4) is 0 Å². The van der Waals surface area contributed by atoms with Gasteiger partial charge in [-0.1, -0.05) is 0 Å². The minimum absolute atomic E-state index is 0.241. The van der Waals surface area contributed by atoms with Crippen molar-refractivity contribution >= 4 is 0 Å². The van der Waals surface area contributed by atoms with E-state index < -0.39 is 54.2 Å². The summed E-state index contributed by atoms with van der Waals surface area (Å²) >= 11 is 0. The highest BCUT2D eigenvalue weighted by Gasteiger charge is 2.95. The number of hydrogen-bond acceptors (Lipinski definition) is 1. The van der Waals surface area contributed by atoms with E-state index in [1.165, 1.54) is 0 Å². The third-order valence-corrected chi connectivity index (χ3v) is 3.01. The molecule has 0 rings (SSSR count). The summed E-state index contributed by atoms with van der Waals surface area (Å²) in [6.07, 6.45) is -21.3. The molecule has 0 spiro atoms. The van der Waals surface area contributed by atoms with Crippen LogP contribution in [0.5, 0.6) is 0 Å². The number of alkyl halides is 15. The van der Waals surface area contributed by atoms with Gasteiger partial charge in [0.1, 0.15) is 0 Å². The second-order valence-electron chi connectivity index (χ2n) is 5.13. The number of hydrogen-bond donors (Lipinski definition) is 1. The third-order valence-electron chi connectivity index (χ3n) is 3.01. The highest BCUT2D eigenvalue weighted by Crippen LogP contribution is 2.64. The van der Waals surface area contributed by atoms with E-state index in [9.17, 15) is 65.9 Å². The van der Waals surface area contributed by atoms with Crippen LogP contribution in [0.15, 0.2) is 0 Å². The quantitative estimate of drug-likeness (QED) is 0.582. The minimum Gasteiger partial charge on any atom is -0.393 e. The van der Waals surface area contributed by atoms with Crippen molar-refractivity contribution in [2.24, 2.45) is 0 Å². The van der Waals surface area contributed by atoms with E-state index in [1.54, 1.807) is 0 Å². The summed E-state index contributed by atoms with van der Waals surface area (Å²) in [6, 6.07) is 0. The smallest absolute Gasteiger partial charge is 0.393 e. The van der Waals surface area contributed by atoms with E-state index in [0.717, 1.165) is 0 Å². The fourth-order valence-electron chi connectivity index (χ4n) is 1.66. The van der Waals surface area contributed by atoms with Gasteiger partial charge in [-0.2, -0.15) is 61.5 Å². The summed E-state index contributed by atoms with van der Waals surface area (Å²) in [5.74, 6) is -30.7. The number of aliphatic hydroxyl groups excluding tert-OH is 1. The molecule has 1 unspecified atom stereocenters. The van der Waals surface area contributed by atoms with E-state index in [0.29, 0.717) is 0 Å². The molecule has 0 saturated carbocycles. The molecule has 0 aromatic rings. The van der Waals surface area contributed by atoms with Gasteiger partial charge in [-0.3, -0.25) is 0 Å². The van der Waals surface area contributed by atoms with Crippen LogP contribution in [0.25, 0.3) is 0 Å². The lowest BCUT2D eigenvalue weighted by Crippen LogP contribution is -2.75. The van der Waals surface area contributed by atoms with Crippen LogP contribution in [-0.4, -0.2) is 52.9 Å². The van der Waals surface area contributed by atoms with Crippen molar-refractivity contribution in [3.63, 3.8) is 0 Å². The molecule has 0 saturated heterocycles. The molecule has 16 heteroatoms. The SMILES string of the molecule is CC(O)CC(F)(F)C(F)(F)C(F)(F)C(F)(F)C(F)(C(F)(F)F)C(F)(F)F. The van der Waals surface area contributed by atoms with Crippen LogP contribution < -0.4 is 0 Å². The molecule has 0 aromatic carbocycles. The zero-order valence-electron chi connectivity index (χ0n) is 11.9. The third kappa shape index (κ3) is 3.28. The van der Waals surface area contributed by atoms with E-state index in [4.69, 9.17) is 5.11 Å². The molecule has 158 valence electrons. The monoisotopic (exact) mass is 428 g/mol. The Hall–Kier alpha value is -1.09. The summed E-state index contributed by atoms with van der Waals surface area (Å²) in [7, 11) is 0. The lowest BCUT2D eigenvalue weighted by molar-refractivity contribution is -0.457. The second-order valence-corrected chi connectivity index (χ2v) is 5.13. The molecule has 26 heavy (non-hydrogen) atoms. The van der Waals surface area contributed by atoms with Gasteiger partial charge in [0.25, 0.3) is 0 Å². The maximum absolute atomic E-state index is 13.2. The summed E-state index contributed by atoms with van der Waals surface area (Å²) < 4.78 is 191.